The van der Waals surface area contributed by atoms with Gasteiger partial charge >= 0.3 is 0 Å². The summed E-state index contributed by atoms with van der Waals surface area (Å²) in [5.74, 6) is 2.07. The number of carbonyl (C=O) groups excluding carboxylic acids is 1. The van der Waals surface area contributed by atoms with Crippen LogP contribution in [0.2, 0.25) is 0 Å². The molecule has 1 aromatic heterocycles. The van der Waals surface area contributed by atoms with E-state index < -0.39 is 0 Å². The summed E-state index contributed by atoms with van der Waals surface area (Å²) < 4.78 is 22.6. The Labute approximate surface area is 210 Å². The highest BCUT2D eigenvalue weighted by atomic mass is 16.5. The normalized spacial score (nSPS) is 13.4. The van der Waals surface area contributed by atoms with E-state index in [1.165, 1.54) is 11.1 Å². The van der Waals surface area contributed by atoms with Gasteiger partial charge in [0.1, 0.15) is 22.8 Å². The van der Waals surface area contributed by atoms with Gasteiger partial charge in [0, 0.05) is 47.3 Å². The molecular formula is C30H29NO5. The minimum Gasteiger partial charge on any atom is -0.497 e. The van der Waals surface area contributed by atoms with Crippen molar-refractivity contribution in [3.8, 4) is 28.4 Å². The van der Waals surface area contributed by atoms with Gasteiger partial charge in [-0.05, 0) is 54.3 Å². The third-order valence-corrected chi connectivity index (χ3v) is 6.80. The Balaban J connectivity index is 1.52. The molecule has 1 amide bonds. The van der Waals surface area contributed by atoms with E-state index in [-0.39, 0.29) is 5.91 Å². The Morgan fingerprint density at radius 2 is 1.69 bits per heavy atom. The third kappa shape index (κ3) is 4.31. The summed E-state index contributed by atoms with van der Waals surface area (Å²) in [6.45, 7) is 3.26. The van der Waals surface area contributed by atoms with Crippen LogP contribution in [-0.2, 0) is 17.8 Å². The van der Waals surface area contributed by atoms with E-state index >= 15 is 0 Å². The van der Waals surface area contributed by atoms with Crippen molar-refractivity contribution in [2.45, 2.75) is 19.9 Å². The summed E-state index contributed by atoms with van der Waals surface area (Å²) in [5.41, 5.74) is 6.59. The molecule has 4 aromatic rings. The zero-order chi connectivity index (χ0) is 25.2. The fourth-order valence-electron chi connectivity index (χ4n) is 4.80. The predicted octanol–water partition coefficient (Wildman–Crippen LogP) is 6.11. The maximum atomic E-state index is 13.2. The molecule has 0 saturated carbocycles. The molecule has 0 spiro atoms. The number of allylic oxidation sites excluding steroid dienone is 1. The summed E-state index contributed by atoms with van der Waals surface area (Å²) in [7, 11) is 4.89. The van der Waals surface area contributed by atoms with Crippen LogP contribution in [0, 0.1) is 0 Å². The molecule has 0 unspecified atom stereocenters. The first-order valence-electron chi connectivity index (χ1n) is 11.9. The van der Waals surface area contributed by atoms with Crippen LogP contribution in [0.1, 0.15) is 23.6 Å². The number of methoxy groups -OCH3 is 3. The Bertz CT molecular complexity index is 1470. The number of fused-ring (bicyclic) bond motifs is 2. The van der Waals surface area contributed by atoms with Crippen LogP contribution in [0.15, 0.2) is 71.4 Å². The van der Waals surface area contributed by atoms with Crippen LogP contribution in [-0.4, -0.2) is 38.7 Å². The maximum absolute atomic E-state index is 13.2. The van der Waals surface area contributed by atoms with Gasteiger partial charge in [-0.15, -0.1) is 0 Å². The van der Waals surface area contributed by atoms with Gasteiger partial charge in [-0.2, -0.15) is 0 Å². The van der Waals surface area contributed by atoms with Gasteiger partial charge in [-0.25, -0.2) is 0 Å². The molecular weight excluding hydrogens is 454 g/mol. The Morgan fingerprint density at radius 1 is 0.917 bits per heavy atom. The van der Waals surface area contributed by atoms with E-state index in [0.717, 1.165) is 39.8 Å². The zero-order valence-electron chi connectivity index (χ0n) is 21.0. The van der Waals surface area contributed by atoms with Gasteiger partial charge < -0.3 is 23.5 Å². The number of benzene rings is 3. The fourth-order valence-corrected chi connectivity index (χ4v) is 4.80. The van der Waals surface area contributed by atoms with Crippen LogP contribution < -0.4 is 14.2 Å². The highest BCUT2D eigenvalue weighted by Crippen LogP contribution is 2.41. The molecule has 0 fully saturated rings. The lowest BCUT2D eigenvalue weighted by atomic mass is 9.98. The summed E-state index contributed by atoms with van der Waals surface area (Å²) >= 11 is 0. The van der Waals surface area contributed by atoms with E-state index in [4.69, 9.17) is 18.6 Å². The lowest BCUT2D eigenvalue weighted by Gasteiger charge is -2.28. The Hall–Kier alpha value is -4.19. The van der Waals surface area contributed by atoms with Crippen LogP contribution >= 0.6 is 0 Å². The lowest BCUT2D eigenvalue weighted by Crippen LogP contribution is -2.34. The second-order valence-corrected chi connectivity index (χ2v) is 8.87. The summed E-state index contributed by atoms with van der Waals surface area (Å²) in [6.07, 6.45) is 4.27. The van der Waals surface area contributed by atoms with E-state index in [0.29, 0.717) is 30.2 Å². The Kier molecular flexibility index (Phi) is 6.42. The van der Waals surface area contributed by atoms with Crippen molar-refractivity contribution in [1.29, 1.82) is 0 Å². The van der Waals surface area contributed by atoms with Crippen molar-refractivity contribution in [3.63, 3.8) is 0 Å². The molecule has 0 radical (unpaired) electrons. The molecule has 0 bridgehead atoms. The number of amides is 1. The molecule has 5 rings (SSSR count). The number of rotatable bonds is 6. The predicted molar refractivity (Wildman–Crippen MR) is 141 cm³/mol. The molecule has 36 heavy (non-hydrogen) atoms. The van der Waals surface area contributed by atoms with Gasteiger partial charge in [0.15, 0.2) is 0 Å². The number of furan rings is 1. The average molecular weight is 484 g/mol. The lowest BCUT2D eigenvalue weighted by molar-refractivity contribution is -0.126. The van der Waals surface area contributed by atoms with Crippen molar-refractivity contribution in [2.75, 3.05) is 27.9 Å². The van der Waals surface area contributed by atoms with Gasteiger partial charge in [0.05, 0.1) is 27.6 Å². The minimum absolute atomic E-state index is 0.00830. The molecule has 0 N–H and O–H groups in total. The standard InChI is InChI=1S/C30H29NO5/c1-19(13-30(32)31-12-11-20-7-5-6-8-21(20)17-31)23-15-25-26(18-36-29(25)16-28(23)35-4)24-14-22(33-2)9-10-27(24)34-3/h5-10,13-16,18H,11-12,17H2,1-4H3/b19-13+. The fraction of sp³-hybridized carbons (Fsp3) is 0.233. The number of hydrogen-bond donors (Lipinski definition) is 0. The van der Waals surface area contributed by atoms with Gasteiger partial charge in [0.25, 0.3) is 0 Å². The van der Waals surface area contributed by atoms with Crippen LogP contribution in [0.4, 0.5) is 0 Å². The zero-order valence-corrected chi connectivity index (χ0v) is 21.0. The van der Waals surface area contributed by atoms with Crippen molar-refractivity contribution in [3.05, 3.63) is 83.6 Å². The topological polar surface area (TPSA) is 61.1 Å². The average Bonchev–Trinajstić information content (AvgIpc) is 3.34. The van der Waals surface area contributed by atoms with Crippen molar-refractivity contribution in [2.24, 2.45) is 0 Å². The number of carbonyl (C=O) groups is 1. The smallest absolute Gasteiger partial charge is 0.247 e. The van der Waals surface area contributed by atoms with Gasteiger partial charge in [-0.1, -0.05) is 24.3 Å². The molecule has 0 aliphatic carbocycles. The molecule has 6 heteroatoms. The summed E-state index contributed by atoms with van der Waals surface area (Å²) in [4.78, 5) is 15.1. The molecule has 184 valence electrons. The summed E-state index contributed by atoms with van der Waals surface area (Å²) in [5, 5.41) is 0.893. The van der Waals surface area contributed by atoms with Crippen LogP contribution in [0.3, 0.4) is 0 Å². The van der Waals surface area contributed by atoms with Crippen LogP contribution in [0.5, 0.6) is 17.2 Å². The first-order valence-corrected chi connectivity index (χ1v) is 11.9. The van der Waals surface area contributed by atoms with Gasteiger partial charge in [-0.3, -0.25) is 4.79 Å². The summed E-state index contributed by atoms with van der Waals surface area (Å²) in [6, 6.07) is 17.8. The van der Waals surface area contributed by atoms with E-state index in [1.54, 1.807) is 33.7 Å². The van der Waals surface area contributed by atoms with E-state index in [1.807, 2.05) is 54.3 Å². The molecule has 1 aliphatic rings. The van der Waals surface area contributed by atoms with Crippen molar-refractivity contribution >= 4 is 22.4 Å². The largest absolute Gasteiger partial charge is 0.497 e. The van der Waals surface area contributed by atoms with Gasteiger partial charge in [0.2, 0.25) is 5.91 Å². The van der Waals surface area contributed by atoms with E-state index in [2.05, 4.69) is 12.1 Å². The Morgan fingerprint density at radius 3 is 2.44 bits per heavy atom. The highest BCUT2D eigenvalue weighted by Gasteiger charge is 2.21. The molecule has 3 aromatic carbocycles. The SMILES string of the molecule is COc1ccc(OC)c(-c2coc3cc(OC)c(/C(C)=C/C(=O)N4CCc5ccccc5C4)cc23)c1. The second-order valence-electron chi connectivity index (χ2n) is 8.87. The first kappa shape index (κ1) is 23.5. The van der Waals surface area contributed by atoms with Crippen molar-refractivity contribution < 1.29 is 23.4 Å². The number of ether oxygens (including phenoxy) is 3. The third-order valence-electron chi connectivity index (χ3n) is 6.80. The first-order chi connectivity index (χ1) is 17.5. The number of hydrogen-bond acceptors (Lipinski definition) is 5. The minimum atomic E-state index is -0.00830. The molecule has 2 heterocycles. The molecule has 0 atom stereocenters. The second kappa shape index (κ2) is 9.82. The molecule has 1 aliphatic heterocycles. The highest BCUT2D eigenvalue weighted by molar-refractivity contribution is 6.01. The van der Waals surface area contributed by atoms with Crippen LogP contribution in [0.25, 0.3) is 27.7 Å². The van der Waals surface area contributed by atoms with E-state index in [9.17, 15) is 4.79 Å². The monoisotopic (exact) mass is 483 g/mol. The molecule has 6 nitrogen and oxygen atoms in total. The van der Waals surface area contributed by atoms with Crippen molar-refractivity contribution in [1.82, 2.24) is 4.90 Å². The quantitative estimate of drug-likeness (QED) is 0.310. The maximum Gasteiger partial charge on any atom is 0.247 e. The molecule has 0 saturated heterocycles. The number of nitrogens with zero attached hydrogens (tertiary/aromatic N) is 1.